The Kier molecular flexibility index (Phi) is 11.7. The highest BCUT2D eigenvalue weighted by Gasteiger charge is 2.77. The van der Waals surface area contributed by atoms with E-state index in [4.69, 9.17) is 9.47 Å². The number of aliphatic hydroxyl groups excluding tert-OH is 1. The molecule has 1 aromatic carbocycles. The minimum absolute atomic E-state index is 0.0598. The number of ether oxygens (including phenoxy) is 2. The number of fused-ring (bicyclic) bond motifs is 1. The van der Waals surface area contributed by atoms with Crippen LogP contribution in [-0.4, -0.2) is 93.6 Å². The summed E-state index contributed by atoms with van der Waals surface area (Å²) in [5, 5.41) is 9.40. The molecule has 0 aliphatic carbocycles. The monoisotopic (exact) mass is 715 g/mol. The molecule has 9 nitrogen and oxygen atoms in total. The van der Waals surface area contributed by atoms with Gasteiger partial charge in [0.2, 0.25) is 17.7 Å². The van der Waals surface area contributed by atoms with E-state index in [0.29, 0.717) is 56.8 Å². The molecule has 3 fully saturated rings. The second-order valence-electron chi connectivity index (χ2n) is 14.9. The van der Waals surface area contributed by atoms with Crippen LogP contribution in [-0.2, 0) is 19.1 Å². The number of aliphatic hydroxyl groups is 1. The summed E-state index contributed by atoms with van der Waals surface area (Å²) < 4.78 is 12.4. The Morgan fingerprint density at radius 1 is 1.09 bits per heavy atom. The Hall–Kier alpha value is -2.69. The molecule has 3 amide bonds. The molecular weight excluding hydrogens is 662 g/mol. The lowest BCUT2D eigenvalue weighted by Gasteiger charge is -2.45. The molecule has 1 N–H and O–H groups in total. The van der Waals surface area contributed by atoms with Crippen LogP contribution in [0, 0.1) is 17.3 Å². The number of hydrogen-bond donors (Lipinski definition) is 1. The van der Waals surface area contributed by atoms with Crippen LogP contribution in [0.5, 0.6) is 5.75 Å². The van der Waals surface area contributed by atoms with Gasteiger partial charge in [-0.2, -0.15) is 0 Å². The van der Waals surface area contributed by atoms with Gasteiger partial charge in [0.1, 0.15) is 17.4 Å². The van der Waals surface area contributed by atoms with Crippen molar-refractivity contribution in [2.24, 2.45) is 17.3 Å². The van der Waals surface area contributed by atoms with E-state index < -0.39 is 35.1 Å². The molecule has 10 heteroatoms. The van der Waals surface area contributed by atoms with E-state index in [-0.39, 0.29) is 41.1 Å². The molecule has 4 rings (SSSR count). The van der Waals surface area contributed by atoms with Gasteiger partial charge in [-0.1, -0.05) is 48.9 Å². The maximum Gasteiger partial charge on any atom is 0.249 e. The Morgan fingerprint density at radius 3 is 2.32 bits per heavy atom. The first kappa shape index (κ1) is 37.1. The number of unbranched alkanes of at least 4 members (excludes halogenated alkanes) is 2. The Balaban J connectivity index is 1.77. The third-order valence-electron chi connectivity index (χ3n) is 9.67. The van der Waals surface area contributed by atoms with Gasteiger partial charge in [0, 0.05) is 42.3 Å². The number of benzene rings is 1. The smallest absolute Gasteiger partial charge is 0.249 e. The van der Waals surface area contributed by atoms with Crippen LogP contribution >= 0.6 is 15.9 Å². The molecule has 6 atom stereocenters. The molecule has 3 heterocycles. The molecule has 3 aliphatic heterocycles. The van der Waals surface area contributed by atoms with Crippen molar-refractivity contribution in [1.82, 2.24) is 9.80 Å². The molecule has 1 spiro atoms. The molecule has 2 bridgehead atoms. The highest BCUT2D eigenvalue weighted by Crippen LogP contribution is 2.61. The third kappa shape index (κ3) is 7.35. The van der Waals surface area contributed by atoms with E-state index in [2.05, 4.69) is 63.7 Å². The van der Waals surface area contributed by atoms with E-state index in [9.17, 15) is 19.5 Å². The van der Waals surface area contributed by atoms with E-state index in [1.165, 1.54) is 0 Å². The van der Waals surface area contributed by atoms with Crippen LogP contribution in [0.25, 0.3) is 0 Å². The van der Waals surface area contributed by atoms with Gasteiger partial charge >= 0.3 is 0 Å². The van der Waals surface area contributed by atoms with Crippen molar-refractivity contribution in [2.75, 3.05) is 37.7 Å². The number of hydrogen-bond acceptors (Lipinski definition) is 6. The summed E-state index contributed by atoms with van der Waals surface area (Å²) in [4.78, 5) is 49.2. The van der Waals surface area contributed by atoms with Gasteiger partial charge in [-0.15, -0.1) is 13.2 Å². The van der Waals surface area contributed by atoms with Crippen LogP contribution in [0.4, 0.5) is 5.69 Å². The summed E-state index contributed by atoms with van der Waals surface area (Å²) in [7, 11) is 0. The number of carbonyl (C=O) groups excluding carboxylic acids is 3. The number of halogens is 1. The van der Waals surface area contributed by atoms with Gasteiger partial charge in [-0.05, 0) is 82.6 Å². The summed E-state index contributed by atoms with van der Waals surface area (Å²) in [6, 6.07) is 6.43. The third-order valence-corrected chi connectivity index (χ3v) is 10.5. The predicted molar refractivity (Wildman–Crippen MR) is 189 cm³/mol. The van der Waals surface area contributed by atoms with Gasteiger partial charge in [-0.3, -0.25) is 14.4 Å². The van der Waals surface area contributed by atoms with Crippen LogP contribution in [0.1, 0.15) is 73.6 Å². The molecule has 1 aromatic rings. The largest absolute Gasteiger partial charge is 0.494 e. The number of anilines is 1. The predicted octanol–water partition coefficient (Wildman–Crippen LogP) is 5.74. The first-order valence-corrected chi connectivity index (χ1v) is 17.9. The number of rotatable bonds is 16. The van der Waals surface area contributed by atoms with Gasteiger partial charge in [0.15, 0.2) is 0 Å². The number of carbonyl (C=O) groups is 3. The molecule has 0 radical (unpaired) electrons. The van der Waals surface area contributed by atoms with Crippen molar-refractivity contribution < 1.29 is 29.0 Å². The minimum Gasteiger partial charge on any atom is -0.494 e. The summed E-state index contributed by atoms with van der Waals surface area (Å²) in [5.74, 6) is -1.53. The molecular formula is C37H54BrN3O6. The van der Waals surface area contributed by atoms with E-state index in [1.807, 2.05) is 36.1 Å². The van der Waals surface area contributed by atoms with Gasteiger partial charge in [0.05, 0.1) is 24.5 Å². The molecule has 0 aromatic heterocycles. The molecule has 260 valence electrons. The lowest BCUT2D eigenvalue weighted by molar-refractivity contribution is -0.152. The fraction of sp³-hybridized carbons (Fsp3) is 0.649. The average Bonchev–Trinajstić information content (AvgIpc) is 3.58. The summed E-state index contributed by atoms with van der Waals surface area (Å²) >= 11 is 3.81. The van der Waals surface area contributed by atoms with Crippen molar-refractivity contribution in [2.45, 2.75) is 102 Å². The summed E-state index contributed by atoms with van der Waals surface area (Å²) in [6.45, 7) is 21.9. The molecule has 3 aliphatic rings. The maximum absolute atomic E-state index is 15.0. The van der Waals surface area contributed by atoms with Crippen molar-refractivity contribution >= 4 is 39.3 Å². The highest BCUT2D eigenvalue weighted by atomic mass is 79.9. The fourth-order valence-corrected chi connectivity index (χ4v) is 9.27. The van der Waals surface area contributed by atoms with Crippen molar-refractivity contribution in [3.63, 3.8) is 0 Å². The topological polar surface area (TPSA) is 99.6 Å². The SMILES string of the molecule is C=CCN(C(=O)[C@H]1[C@@H]2OC3(CC2Br)C(C(=O)N(CC=C)C(C)(C)CC(C)(C)C)N(CCCCCO)C(=O)[C@H]13)c1ccc(OCC)cc1. The van der Waals surface area contributed by atoms with E-state index >= 15 is 0 Å². The second kappa shape index (κ2) is 14.8. The highest BCUT2D eigenvalue weighted by molar-refractivity contribution is 9.09. The van der Waals surface area contributed by atoms with Gasteiger partial charge in [-0.25, -0.2) is 0 Å². The Bertz CT molecular complexity index is 1310. The van der Waals surface area contributed by atoms with E-state index in [1.54, 1.807) is 22.0 Å². The van der Waals surface area contributed by atoms with E-state index in [0.717, 1.165) is 6.42 Å². The van der Waals surface area contributed by atoms with Gasteiger partial charge in [0.25, 0.3) is 0 Å². The van der Waals surface area contributed by atoms with Crippen LogP contribution in [0.3, 0.4) is 0 Å². The molecule has 47 heavy (non-hydrogen) atoms. The van der Waals surface area contributed by atoms with Crippen molar-refractivity contribution in [3.8, 4) is 5.75 Å². The first-order valence-electron chi connectivity index (χ1n) is 17.0. The summed E-state index contributed by atoms with van der Waals surface area (Å²) in [5.41, 5.74) is -1.10. The van der Waals surface area contributed by atoms with Crippen molar-refractivity contribution in [1.29, 1.82) is 0 Å². The zero-order valence-corrected chi connectivity index (χ0v) is 30.6. The van der Waals surface area contributed by atoms with Crippen LogP contribution in [0.2, 0.25) is 0 Å². The Morgan fingerprint density at radius 2 is 1.74 bits per heavy atom. The number of likely N-dealkylation sites (tertiary alicyclic amines) is 1. The number of nitrogens with zero attached hydrogens (tertiary/aromatic N) is 3. The number of alkyl halides is 1. The second-order valence-corrected chi connectivity index (χ2v) is 16.1. The summed E-state index contributed by atoms with van der Waals surface area (Å²) in [6.07, 6.45) is 5.95. The number of amides is 3. The molecule has 0 saturated carbocycles. The lowest BCUT2D eigenvalue weighted by Crippen LogP contribution is -2.61. The molecule has 3 saturated heterocycles. The van der Waals surface area contributed by atoms with Gasteiger partial charge < -0.3 is 29.3 Å². The van der Waals surface area contributed by atoms with Crippen molar-refractivity contribution in [3.05, 3.63) is 49.6 Å². The zero-order valence-electron chi connectivity index (χ0n) is 29.0. The quantitative estimate of drug-likeness (QED) is 0.133. The van der Waals surface area contributed by atoms with Crippen LogP contribution < -0.4 is 9.64 Å². The lowest BCUT2D eigenvalue weighted by atomic mass is 9.70. The standard InChI is InChI=1S/C37H54BrN3O6/c1-9-19-39(25-15-17-26(18-16-25)46-11-3)32(43)28-29-33(44)40(21-13-12-14-22-42)31(37(29)23-27(38)30(28)47-37)34(45)41(20-10-2)36(7,8)24-35(4,5)6/h9-10,15-18,27-31,42H,1-2,11-14,19-24H2,3-8H3/t27?,28-,29+,30-,31?,37?/m1/s1. The zero-order chi connectivity index (χ0) is 34.7. The fourth-order valence-electron chi connectivity index (χ4n) is 8.33. The molecule has 3 unspecified atom stereocenters. The average molecular weight is 717 g/mol. The normalized spacial score (nSPS) is 26.7. The van der Waals surface area contributed by atoms with Crippen LogP contribution in [0.15, 0.2) is 49.6 Å². The minimum atomic E-state index is -1.17. The first-order chi connectivity index (χ1) is 22.2. The Labute approximate surface area is 289 Å². The maximum atomic E-state index is 15.0.